The normalized spacial score (nSPS) is 11.1. The van der Waals surface area contributed by atoms with E-state index in [9.17, 15) is 4.79 Å². The van der Waals surface area contributed by atoms with Gasteiger partial charge in [-0.25, -0.2) is 4.98 Å². The Labute approximate surface area is 164 Å². The highest BCUT2D eigenvalue weighted by molar-refractivity contribution is 7.22. The Bertz CT molecular complexity index is 829. The highest BCUT2D eigenvalue weighted by atomic mass is 32.1. The van der Waals surface area contributed by atoms with E-state index in [1.807, 2.05) is 54.6 Å². The van der Waals surface area contributed by atoms with Gasteiger partial charge < -0.3 is 9.64 Å². The number of carbonyl (C=O) groups is 1. The van der Waals surface area contributed by atoms with Gasteiger partial charge in [0.1, 0.15) is 5.75 Å². The fourth-order valence-corrected chi connectivity index (χ4v) is 3.92. The molecule has 0 saturated heterocycles. The maximum absolute atomic E-state index is 12.9. The minimum atomic E-state index is -0.0653. The third-order valence-electron chi connectivity index (χ3n) is 4.61. The van der Waals surface area contributed by atoms with Gasteiger partial charge in [0, 0.05) is 0 Å². The van der Waals surface area contributed by atoms with Gasteiger partial charge in [-0.3, -0.25) is 9.69 Å². The van der Waals surface area contributed by atoms with Crippen molar-refractivity contribution < 1.29 is 14.4 Å². The maximum atomic E-state index is 12.9. The molecule has 6 heteroatoms. The number of quaternary nitrogens is 1. The number of hydrogen-bond acceptors (Lipinski definition) is 4. The van der Waals surface area contributed by atoms with Crippen molar-refractivity contribution in [2.75, 3.05) is 37.7 Å². The summed E-state index contributed by atoms with van der Waals surface area (Å²) in [4.78, 5) is 20.9. The number of benzene rings is 2. The minimum Gasteiger partial charge on any atom is -0.484 e. The number of rotatable bonds is 9. The fraction of sp³-hybridized carbons (Fsp3) is 0.333. The van der Waals surface area contributed by atoms with Gasteiger partial charge in [-0.05, 0) is 38.1 Å². The largest absolute Gasteiger partial charge is 0.484 e. The fourth-order valence-electron chi connectivity index (χ4n) is 2.92. The number of nitrogens with one attached hydrogen (secondary N) is 1. The summed E-state index contributed by atoms with van der Waals surface area (Å²) in [5.41, 5.74) is 0.925. The molecule has 27 heavy (non-hydrogen) atoms. The lowest BCUT2D eigenvalue weighted by atomic mass is 10.3. The van der Waals surface area contributed by atoms with Crippen molar-refractivity contribution in [2.24, 2.45) is 0 Å². The van der Waals surface area contributed by atoms with Crippen LogP contribution in [-0.2, 0) is 4.79 Å². The monoisotopic (exact) mass is 384 g/mol. The van der Waals surface area contributed by atoms with Gasteiger partial charge in [0.2, 0.25) is 0 Å². The molecule has 1 amide bonds. The van der Waals surface area contributed by atoms with Gasteiger partial charge in [0.15, 0.2) is 11.7 Å². The van der Waals surface area contributed by atoms with Crippen LogP contribution in [0.3, 0.4) is 0 Å². The average Bonchev–Trinajstić information content (AvgIpc) is 3.14. The number of fused-ring (bicyclic) bond motifs is 1. The summed E-state index contributed by atoms with van der Waals surface area (Å²) in [6.45, 7) is 7.95. The van der Waals surface area contributed by atoms with E-state index in [0.717, 1.165) is 35.0 Å². The number of amides is 1. The quantitative estimate of drug-likeness (QED) is 0.617. The zero-order valence-electron chi connectivity index (χ0n) is 15.9. The van der Waals surface area contributed by atoms with E-state index in [0.29, 0.717) is 12.3 Å². The van der Waals surface area contributed by atoms with Crippen molar-refractivity contribution in [3.8, 4) is 5.75 Å². The molecular weight excluding hydrogens is 358 g/mol. The van der Waals surface area contributed by atoms with Gasteiger partial charge in [0.05, 0.1) is 36.4 Å². The summed E-state index contributed by atoms with van der Waals surface area (Å²) in [5.74, 6) is 0.633. The first-order valence-corrected chi connectivity index (χ1v) is 10.2. The first-order chi connectivity index (χ1) is 13.2. The van der Waals surface area contributed by atoms with Crippen LogP contribution in [0, 0.1) is 0 Å². The number of aromatic nitrogens is 1. The lowest BCUT2D eigenvalue weighted by Gasteiger charge is -2.23. The van der Waals surface area contributed by atoms with Crippen LogP contribution in [0.2, 0.25) is 0 Å². The molecule has 0 unspecified atom stereocenters. The van der Waals surface area contributed by atoms with Gasteiger partial charge in [-0.2, -0.15) is 0 Å². The van der Waals surface area contributed by atoms with E-state index in [1.54, 1.807) is 16.2 Å². The van der Waals surface area contributed by atoms with Crippen LogP contribution in [0.4, 0.5) is 5.13 Å². The number of hydrogen-bond donors (Lipinski definition) is 1. The van der Waals surface area contributed by atoms with E-state index in [4.69, 9.17) is 4.74 Å². The smallest absolute Gasteiger partial charge is 0.266 e. The van der Waals surface area contributed by atoms with E-state index in [2.05, 4.69) is 18.8 Å². The number of carbonyl (C=O) groups excluding carboxylic acids is 1. The van der Waals surface area contributed by atoms with Gasteiger partial charge >= 0.3 is 0 Å². The molecule has 5 nitrogen and oxygen atoms in total. The third kappa shape index (κ3) is 5.05. The SMILES string of the molecule is CC[NH+](CC)CCN(C(=O)COc1ccccc1)c1nc2ccccc2s1. The first-order valence-electron chi connectivity index (χ1n) is 9.38. The van der Waals surface area contributed by atoms with E-state index in [-0.39, 0.29) is 12.5 Å². The molecule has 0 aliphatic heterocycles. The summed E-state index contributed by atoms with van der Waals surface area (Å²) in [5, 5.41) is 0.740. The Kier molecular flexibility index (Phi) is 6.79. The molecule has 0 aliphatic rings. The van der Waals surface area contributed by atoms with Crippen LogP contribution in [0.25, 0.3) is 10.2 Å². The average molecular weight is 385 g/mol. The predicted octanol–water partition coefficient (Wildman–Crippen LogP) is 2.63. The molecule has 3 rings (SSSR count). The van der Waals surface area contributed by atoms with Gasteiger partial charge in [-0.15, -0.1) is 0 Å². The molecule has 0 radical (unpaired) electrons. The molecule has 0 fully saturated rings. The molecule has 3 aromatic rings. The Morgan fingerprint density at radius 1 is 1.07 bits per heavy atom. The summed E-state index contributed by atoms with van der Waals surface area (Å²) in [6.07, 6.45) is 0. The van der Waals surface area contributed by atoms with Crippen LogP contribution < -0.4 is 14.5 Å². The highest BCUT2D eigenvalue weighted by Crippen LogP contribution is 2.28. The molecule has 0 atom stereocenters. The van der Waals surface area contributed by atoms with Crippen molar-refractivity contribution in [3.05, 3.63) is 54.6 Å². The van der Waals surface area contributed by atoms with Crippen molar-refractivity contribution in [2.45, 2.75) is 13.8 Å². The van der Waals surface area contributed by atoms with E-state index >= 15 is 0 Å². The molecule has 0 aliphatic carbocycles. The van der Waals surface area contributed by atoms with Crippen LogP contribution >= 0.6 is 11.3 Å². The first kappa shape index (κ1) is 19.3. The van der Waals surface area contributed by atoms with Gasteiger partial charge in [-0.1, -0.05) is 41.7 Å². The second-order valence-corrected chi connectivity index (χ2v) is 7.33. The van der Waals surface area contributed by atoms with E-state index in [1.165, 1.54) is 4.90 Å². The van der Waals surface area contributed by atoms with E-state index < -0.39 is 0 Å². The maximum Gasteiger partial charge on any atom is 0.266 e. The number of para-hydroxylation sites is 2. The number of anilines is 1. The second kappa shape index (κ2) is 9.48. The molecule has 1 aromatic heterocycles. The van der Waals surface area contributed by atoms with Crippen LogP contribution in [0.1, 0.15) is 13.8 Å². The summed E-state index contributed by atoms with van der Waals surface area (Å²) in [6, 6.07) is 17.4. The van der Waals surface area contributed by atoms with Crippen molar-refractivity contribution in [1.82, 2.24) is 4.98 Å². The predicted molar refractivity (Wildman–Crippen MR) is 111 cm³/mol. The van der Waals surface area contributed by atoms with Crippen molar-refractivity contribution >= 4 is 32.6 Å². The Morgan fingerprint density at radius 3 is 2.48 bits per heavy atom. The molecular formula is C21H26N3O2S+. The van der Waals surface area contributed by atoms with Crippen LogP contribution in [-0.4, -0.2) is 43.7 Å². The Balaban J connectivity index is 1.76. The molecule has 1 N–H and O–H groups in total. The van der Waals surface area contributed by atoms with Crippen molar-refractivity contribution in [3.63, 3.8) is 0 Å². The van der Waals surface area contributed by atoms with Crippen molar-refractivity contribution in [1.29, 1.82) is 0 Å². The summed E-state index contributed by atoms with van der Waals surface area (Å²) in [7, 11) is 0. The summed E-state index contributed by atoms with van der Waals surface area (Å²) >= 11 is 1.55. The Hall–Kier alpha value is -2.44. The highest BCUT2D eigenvalue weighted by Gasteiger charge is 2.22. The van der Waals surface area contributed by atoms with Gasteiger partial charge in [0.25, 0.3) is 5.91 Å². The number of ether oxygens (including phenoxy) is 1. The number of likely N-dealkylation sites (N-methyl/N-ethyl adjacent to an activating group) is 1. The third-order valence-corrected chi connectivity index (χ3v) is 5.67. The zero-order valence-corrected chi connectivity index (χ0v) is 16.7. The Morgan fingerprint density at radius 2 is 1.78 bits per heavy atom. The molecule has 0 saturated carbocycles. The summed E-state index contributed by atoms with van der Waals surface area (Å²) < 4.78 is 6.77. The minimum absolute atomic E-state index is 0.00746. The van der Waals surface area contributed by atoms with Crippen LogP contribution in [0.5, 0.6) is 5.75 Å². The second-order valence-electron chi connectivity index (χ2n) is 6.32. The number of nitrogens with zero attached hydrogens (tertiary/aromatic N) is 2. The number of thiazole rings is 1. The topological polar surface area (TPSA) is 46.9 Å². The molecule has 2 aromatic carbocycles. The lowest BCUT2D eigenvalue weighted by molar-refractivity contribution is -0.894. The zero-order chi connectivity index (χ0) is 19.1. The molecule has 0 bridgehead atoms. The molecule has 1 heterocycles. The lowest BCUT2D eigenvalue weighted by Crippen LogP contribution is -3.12. The van der Waals surface area contributed by atoms with Crippen LogP contribution in [0.15, 0.2) is 54.6 Å². The standard InChI is InChI=1S/C21H25N3O2S/c1-3-23(4-2)14-15-24(20(25)16-26-17-10-6-5-7-11-17)21-22-18-12-8-9-13-19(18)27-21/h5-13H,3-4,14-16H2,1-2H3/p+1. The molecule has 0 spiro atoms. The molecule has 142 valence electrons.